The van der Waals surface area contributed by atoms with Gasteiger partial charge < -0.3 is 0 Å². The number of carbonyl (C=O) groups is 1. The molecule has 0 aliphatic heterocycles. The zero-order valence-electron chi connectivity index (χ0n) is 10.6. The van der Waals surface area contributed by atoms with E-state index in [1.165, 1.54) is 6.92 Å². The summed E-state index contributed by atoms with van der Waals surface area (Å²) in [5.74, 6) is 0.0908. The summed E-state index contributed by atoms with van der Waals surface area (Å²) >= 11 is 0. The van der Waals surface area contributed by atoms with Crippen LogP contribution in [0.2, 0.25) is 0 Å². The molecule has 2 nitrogen and oxygen atoms in total. The molecule has 3 heteroatoms. The molecule has 2 aromatic carbocycles. The second-order valence-electron chi connectivity index (χ2n) is 4.78. The third kappa shape index (κ3) is 2.04. The van der Waals surface area contributed by atoms with Gasteiger partial charge in [-0.15, -0.1) is 0 Å². The smallest absolute Gasteiger partial charge is 0.142 e. The fourth-order valence-corrected chi connectivity index (χ4v) is 4.22. The van der Waals surface area contributed by atoms with Crippen molar-refractivity contribution in [2.24, 2.45) is 0 Å². The highest BCUT2D eigenvalue weighted by molar-refractivity contribution is 7.86. The third-order valence-corrected chi connectivity index (χ3v) is 5.11. The average Bonchev–Trinajstić information content (AvgIpc) is 2.72. The lowest BCUT2D eigenvalue weighted by Crippen LogP contribution is -2.13. The van der Waals surface area contributed by atoms with Gasteiger partial charge in [0.1, 0.15) is 5.78 Å². The number of benzene rings is 2. The number of rotatable bonds is 3. The minimum Gasteiger partial charge on any atom is -0.299 e. The van der Waals surface area contributed by atoms with Gasteiger partial charge in [-0.05, 0) is 29.2 Å². The van der Waals surface area contributed by atoms with Crippen LogP contribution in [0.4, 0.5) is 0 Å². The van der Waals surface area contributed by atoms with Crippen molar-refractivity contribution in [2.45, 2.75) is 12.2 Å². The fourth-order valence-electron chi connectivity index (χ4n) is 2.68. The molecule has 3 rings (SSSR count). The Hall–Kier alpha value is -1.74. The van der Waals surface area contributed by atoms with Crippen molar-refractivity contribution in [3.63, 3.8) is 0 Å². The second kappa shape index (κ2) is 4.74. The highest BCUT2D eigenvalue weighted by Crippen LogP contribution is 2.46. The van der Waals surface area contributed by atoms with Crippen molar-refractivity contribution in [3.8, 4) is 11.1 Å². The quantitative estimate of drug-likeness (QED) is 0.859. The molecular weight excluding hydrogens is 256 g/mol. The van der Waals surface area contributed by atoms with Crippen LogP contribution in [0, 0.1) is 0 Å². The van der Waals surface area contributed by atoms with Crippen molar-refractivity contribution in [1.82, 2.24) is 0 Å². The molecule has 0 N–H and O–H groups in total. The molecule has 19 heavy (non-hydrogen) atoms. The Morgan fingerprint density at radius 2 is 1.47 bits per heavy atom. The van der Waals surface area contributed by atoms with Gasteiger partial charge in [0.2, 0.25) is 0 Å². The van der Waals surface area contributed by atoms with E-state index in [1.807, 2.05) is 36.4 Å². The Balaban J connectivity index is 2.15. The van der Waals surface area contributed by atoms with Gasteiger partial charge in [0, 0.05) is 10.8 Å². The van der Waals surface area contributed by atoms with Gasteiger partial charge in [-0.3, -0.25) is 9.00 Å². The molecule has 0 radical (unpaired) electrons. The first kappa shape index (κ1) is 12.3. The van der Waals surface area contributed by atoms with E-state index in [0.717, 1.165) is 22.3 Å². The SMILES string of the molecule is CC(=O)CS(=O)C1c2ccccc2-c2ccccc21. The minimum absolute atomic E-state index is 0.0276. The summed E-state index contributed by atoms with van der Waals surface area (Å²) in [5.41, 5.74) is 4.42. The molecule has 1 atom stereocenters. The van der Waals surface area contributed by atoms with Gasteiger partial charge >= 0.3 is 0 Å². The monoisotopic (exact) mass is 270 g/mol. The number of hydrogen-bond donors (Lipinski definition) is 0. The number of fused-ring (bicyclic) bond motifs is 3. The van der Waals surface area contributed by atoms with E-state index in [-0.39, 0.29) is 16.8 Å². The van der Waals surface area contributed by atoms with Crippen LogP contribution in [0.1, 0.15) is 23.3 Å². The summed E-state index contributed by atoms with van der Waals surface area (Å²) in [4.78, 5) is 11.2. The summed E-state index contributed by atoms with van der Waals surface area (Å²) < 4.78 is 12.5. The van der Waals surface area contributed by atoms with Crippen LogP contribution in [0.5, 0.6) is 0 Å². The van der Waals surface area contributed by atoms with E-state index in [4.69, 9.17) is 0 Å². The van der Waals surface area contributed by atoms with Crippen molar-refractivity contribution in [3.05, 3.63) is 59.7 Å². The second-order valence-corrected chi connectivity index (χ2v) is 6.30. The molecule has 1 unspecified atom stereocenters. The van der Waals surface area contributed by atoms with Gasteiger partial charge in [0.15, 0.2) is 0 Å². The molecule has 1 aliphatic carbocycles. The van der Waals surface area contributed by atoms with Gasteiger partial charge in [-0.2, -0.15) is 0 Å². The normalized spacial score (nSPS) is 14.8. The van der Waals surface area contributed by atoms with E-state index >= 15 is 0 Å². The molecule has 0 aromatic heterocycles. The largest absolute Gasteiger partial charge is 0.299 e. The van der Waals surface area contributed by atoms with E-state index in [2.05, 4.69) is 12.1 Å². The van der Waals surface area contributed by atoms with Crippen LogP contribution in [0.25, 0.3) is 11.1 Å². The van der Waals surface area contributed by atoms with E-state index in [9.17, 15) is 9.00 Å². The predicted octanol–water partition coefficient (Wildman–Crippen LogP) is 3.09. The minimum atomic E-state index is -1.20. The van der Waals surface area contributed by atoms with Crippen LogP contribution in [0.3, 0.4) is 0 Å². The highest BCUT2D eigenvalue weighted by atomic mass is 32.2. The van der Waals surface area contributed by atoms with E-state index in [0.29, 0.717) is 0 Å². The molecule has 1 aliphatic rings. The van der Waals surface area contributed by atoms with Gasteiger partial charge in [0.05, 0.1) is 11.0 Å². The van der Waals surface area contributed by atoms with E-state index < -0.39 is 10.8 Å². The number of ketones is 1. The molecule has 0 amide bonds. The summed E-state index contributed by atoms with van der Waals surface area (Å²) in [5, 5.41) is -0.170. The lowest BCUT2D eigenvalue weighted by atomic mass is 10.1. The van der Waals surface area contributed by atoms with Crippen molar-refractivity contribution in [2.75, 3.05) is 5.75 Å². The Labute approximate surface area is 114 Å². The Kier molecular flexibility index (Phi) is 3.07. The Morgan fingerprint density at radius 1 is 1.00 bits per heavy atom. The van der Waals surface area contributed by atoms with Crippen molar-refractivity contribution >= 4 is 16.6 Å². The van der Waals surface area contributed by atoms with Crippen LogP contribution < -0.4 is 0 Å². The van der Waals surface area contributed by atoms with Gasteiger partial charge in [-0.1, -0.05) is 48.5 Å². The zero-order valence-corrected chi connectivity index (χ0v) is 11.4. The summed E-state index contributed by atoms with van der Waals surface area (Å²) in [6, 6.07) is 16.0. The average molecular weight is 270 g/mol. The van der Waals surface area contributed by atoms with Crippen LogP contribution >= 0.6 is 0 Å². The fraction of sp³-hybridized carbons (Fsp3) is 0.188. The molecule has 0 heterocycles. The lowest BCUT2D eigenvalue weighted by Gasteiger charge is -2.12. The topological polar surface area (TPSA) is 34.1 Å². The van der Waals surface area contributed by atoms with Gasteiger partial charge in [-0.25, -0.2) is 0 Å². The first-order valence-corrected chi connectivity index (χ1v) is 7.61. The molecule has 0 spiro atoms. The van der Waals surface area contributed by atoms with Crippen LogP contribution in [-0.4, -0.2) is 15.7 Å². The molecule has 96 valence electrons. The molecular formula is C16H14O2S. The summed E-state index contributed by atoms with van der Waals surface area (Å²) in [6.07, 6.45) is 0. The first-order chi connectivity index (χ1) is 9.18. The highest BCUT2D eigenvalue weighted by Gasteiger charge is 2.32. The zero-order chi connectivity index (χ0) is 13.4. The number of carbonyl (C=O) groups excluding carboxylic acids is 1. The number of Topliss-reactive ketones (excluding diaryl/α,β-unsaturated/α-hetero) is 1. The Morgan fingerprint density at radius 3 is 1.95 bits per heavy atom. The maximum Gasteiger partial charge on any atom is 0.142 e. The maximum absolute atomic E-state index is 12.5. The number of hydrogen-bond acceptors (Lipinski definition) is 2. The van der Waals surface area contributed by atoms with Crippen LogP contribution in [-0.2, 0) is 15.6 Å². The maximum atomic E-state index is 12.5. The molecule has 0 saturated heterocycles. The molecule has 0 fully saturated rings. The van der Waals surface area contributed by atoms with Crippen LogP contribution in [0.15, 0.2) is 48.5 Å². The van der Waals surface area contributed by atoms with Gasteiger partial charge in [0.25, 0.3) is 0 Å². The Bertz CT molecular complexity index is 630. The molecule has 0 bridgehead atoms. The van der Waals surface area contributed by atoms with E-state index in [1.54, 1.807) is 0 Å². The summed E-state index contributed by atoms with van der Waals surface area (Å²) in [7, 11) is -1.20. The predicted molar refractivity (Wildman–Crippen MR) is 77.4 cm³/mol. The molecule has 0 saturated carbocycles. The lowest BCUT2D eigenvalue weighted by molar-refractivity contribution is -0.114. The first-order valence-electron chi connectivity index (χ1n) is 6.23. The summed E-state index contributed by atoms with van der Waals surface area (Å²) in [6.45, 7) is 1.49. The van der Waals surface area contributed by atoms with Crippen molar-refractivity contribution in [1.29, 1.82) is 0 Å². The molecule has 2 aromatic rings. The standard InChI is InChI=1S/C16H14O2S/c1-11(17)10-19(18)16-14-8-4-2-6-12(14)13-7-3-5-9-15(13)16/h2-9,16H,10H2,1H3. The third-order valence-electron chi connectivity index (χ3n) is 3.39. The van der Waals surface area contributed by atoms with Crippen molar-refractivity contribution < 1.29 is 9.00 Å².